The summed E-state index contributed by atoms with van der Waals surface area (Å²) in [6.45, 7) is 7.31. The van der Waals surface area contributed by atoms with Crippen molar-refractivity contribution in [1.29, 1.82) is 0 Å². The number of imide groups is 1. The Labute approximate surface area is 142 Å². The molecule has 7 heteroatoms. The number of fused-ring (bicyclic) bond motifs is 1. The number of piperazine rings is 1. The van der Waals surface area contributed by atoms with Crippen LogP contribution in [0.5, 0.6) is 0 Å². The molecule has 3 rings (SSSR count). The van der Waals surface area contributed by atoms with Gasteiger partial charge in [0, 0.05) is 26.2 Å². The summed E-state index contributed by atoms with van der Waals surface area (Å²) in [4.78, 5) is 38.9. The Morgan fingerprint density at radius 2 is 1.50 bits per heavy atom. The van der Waals surface area contributed by atoms with Gasteiger partial charge in [-0.15, -0.1) is 0 Å². The molecule has 0 aromatic carbocycles. The number of carbonyl (C=O) groups excluding carboxylic acids is 3. The first kappa shape index (κ1) is 17.0. The van der Waals surface area contributed by atoms with Crippen LogP contribution in [0.25, 0.3) is 0 Å². The van der Waals surface area contributed by atoms with E-state index in [4.69, 9.17) is 4.74 Å². The van der Waals surface area contributed by atoms with Crippen molar-refractivity contribution in [3.63, 3.8) is 0 Å². The van der Waals surface area contributed by atoms with Gasteiger partial charge in [-0.1, -0.05) is 12.2 Å². The third-order valence-corrected chi connectivity index (χ3v) is 4.67. The average molecular weight is 335 g/mol. The number of hydrogen-bond donors (Lipinski definition) is 0. The maximum absolute atomic E-state index is 12.6. The topological polar surface area (TPSA) is 70.2 Å². The Morgan fingerprint density at radius 3 is 1.96 bits per heavy atom. The largest absolute Gasteiger partial charge is 0.444 e. The van der Waals surface area contributed by atoms with Gasteiger partial charge < -0.3 is 9.64 Å². The SMILES string of the molecule is CC(C)(C)OC(=O)N1CCN(N2C(=O)C3CC=CCC3C2=O)CC1. The van der Waals surface area contributed by atoms with Crippen molar-refractivity contribution < 1.29 is 19.1 Å². The summed E-state index contributed by atoms with van der Waals surface area (Å²) in [6, 6.07) is 0. The van der Waals surface area contributed by atoms with Gasteiger partial charge in [0.15, 0.2) is 0 Å². The maximum atomic E-state index is 12.6. The zero-order valence-corrected chi connectivity index (χ0v) is 14.5. The second kappa shape index (κ2) is 6.20. The van der Waals surface area contributed by atoms with Crippen LogP contribution >= 0.6 is 0 Å². The molecule has 1 aliphatic carbocycles. The van der Waals surface area contributed by atoms with Gasteiger partial charge in [0.05, 0.1) is 11.8 Å². The number of hydrazine groups is 1. The van der Waals surface area contributed by atoms with Crippen molar-refractivity contribution in [2.75, 3.05) is 26.2 Å². The van der Waals surface area contributed by atoms with Crippen LogP contribution in [-0.2, 0) is 14.3 Å². The Bertz CT molecular complexity index is 547. The standard InChI is InChI=1S/C17H25N3O4/c1-17(2,3)24-16(23)18-8-10-19(11-9-18)20-14(21)12-6-4-5-7-13(12)15(20)22/h4-5,12-13H,6-11H2,1-3H3. The monoisotopic (exact) mass is 335 g/mol. The predicted molar refractivity (Wildman–Crippen MR) is 86.6 cm³/mol. The molecule has 2 atom stereocenters. The second-order valence-electron chi connectivity index (χ2n) is 7.57. The van der Waals surface area contributed by atoms with Gasteiger partial charge in [0.1, 0.15) is 5.60 Å². The molecule has 2 heterocycles. The Balaban J connectivity index is 1.60. The first-order valence-electron chi connectivity index (χ1n) is 8.53. The highest BCUT2D eigenvalue weighted by molar-refractivity contribution is 6.04. The quantitative estimate of drug-likeness (QED) is 0.535. The Morgan fingerprint density at radius 1 is 1.00 bits per heavy atom. The molecule has 132 valence electrons. The highest BCUT2D eigenvalue weighted by Gasteiger charge is 2.50. The minimum Gasteiger partial charge on any atom is -0.444 e. The lowest BCUT2D eigenvalue weighted by molar-refractivity contribution is -0.161. The fourth-order valence-corrected chi connectivity index (χ4v) is 3.47. The number of rotatable bonds is 1. The van der Waals surface area contributed by atoms with Gasteiger partial charge in [-0.05, 0) is 33.6 Å². The van der Waals surface area contributed by atoms with E-state index in [1.165, 1.54) is 5.01 Å². The van der Waals surface area contributed by atoms with Gasteiger partial charge in [-0.2, -0.15) is 0 Å². The van der Waals surface area contributed by atoms with E-state index in [9.17, 15) is 14.4 Å². The summed E-state index contributed by atoms with van der Waals surface area (Å²) in [5.41, 5.74) is -0.530. The highest BCUT2D eigenvalue weighted by atomic mass is 16.6. The van der Waals surface area contributed by atoms with Crippen molar-refractivity contribution in [3.05, 3.63) is 12.2 Å². The van der Waals surface area contributed by atoms with E-state index in [0.717, 1.165) is 0 Å². The zero-order valence-electron chi connectivity index (χ0n) is 14.5. The van der Waals surface area contributed by atoms with E-state index in [2.05, 4.69) is 0 Å². The molecule has 0 aromatic heterocycles. The third kappa shape index (κ3) is 3.17. The lowest BCUT2D eigenvalue weighted by Crippen LogP contribution is -2.57. The summed E-state index contributed by atoms with van der Waals surface area (Å²) in [6.07, 6.45) is 4.90. The van der Waals surface area contributed by atoms with Crippen LogP contribution in [-0.4, -0.2) is 64.6 Å². The summed E-state index contributed by atoms with van der Waals surface area (Å²) < 4.78 is 5.37. The van der Waals surface area contributed by atoms with Crippen LogP contribution in [0, 0.1) is 11.8 Å². The smallest absolute Gasteiger partial charge is 0.410 e. The number of carbonyl (C=O) groups is 3. The number of nitrogens with zero attached hydrogens (tertiary/aromatic N) is 3. The lowest BCUT2D eigenvalue weighted by atomic mass is 9.85. The molecule has 2 aliphatic heterocycles. The van der Waals surface area contributed by atoms with Crippen LogP contribution < -0.4 is 0 Å². The average Bonchev–Trinajstić information content (AvgIpc) is 2.78. The van der Waals surface area contributed by atoms with Crippen molar-refractivity contribution in [2.45, 2.75) is 39.2 Å². The number of amides is 3. The highest BCUT2D eigenvalue weighted by Crippen LogP contribution is 2.36. The normalized spacial score (nSPS) is 28.3. The first-order chi connectivity index (χ1) is 11.3. The molecule has 3 aliphatic rings. The number of hydrogen-bond acceptors (Lipinski definition) is 5. The number of allylic oxidation sites excluding steroid dienone is 2. The third-order valence-electron chi connectivity index (χ3n) is 4.67. The van der Waals surface area contributed by atoms with Crippen LogP contribution in [0.3, 0.4) is 0 Å². The molecule has 2 unspecified atom stereocenters. The van der Waals surface area contributed by atoms with E-state index < -0.39 is 5.60 Å². The fourth-order valence-electron chi connectivity index (χ4n) is 3.47. The van der Waals surface area contributed by atoms with Crippen molar-refractivity contribution >= 4 is 17.9 Å². The van der Waals surface area contributed by atoms with Crippen molar-refractivity contribution in [3.8, 4) is 0 Å². The molecule has 24 heavy (non-hydrogen) atoms. The van der Waals surface area contributed by atoms with Gasteiger partial charge in [0.2, 0.25) is 11.8 Å². The second-order valence-corrected chi connectivity index (χ2v) is 7.57. The maximum Gasteiger partial charge on any atom is 0.410 e. The molecular formula is C17H25N3O4. The van der Waals surface area contributed by atoms with E-state index in [-0.39, 0.29) is 29.7 Å². The summed E-state index contributed by atoms with van der Waals surface area (Å²) >= 11 is 0. The van der Waals surface area contributed by atoms with Crippen LogP contribution in [0.4, 0.5) is 4.79 Å². The molecule has 0 bridgehead atoms. The van der Waals surface area contributed by atoms with Crippen LogP contribution in [0.1, 0.15) is 33.6 Å². The molecule has 0 spiro atoms. The van der Waals surface area contributed by atoms with E-state index in [1.807, 2.05) is 32.9 Å². The molecule has 2 saturated heterocycles. The minimum absolute atomic E-state index is 0.0972. The van der Waals surface area contributed by atoms with E-state index >= 15 is 0 Å². The summed E-state index contributed by atoms with van der Waals surface area (Å²) in [5, 5.41) is 3.11. The van der Waals surface area contributed by atoms with Gasteiger partial charge in [-0.25, -0.2) is 14.8 Å². The summed E-state index contributed by atoms with van der Waals surface area (Å²) in [7, 11) is 0. The molecule has 0 radical (unpaired) electrons. The minimum atomic E-state index is -0.530. The van der Waals surface area contributed by atoms with Crippen LogP contribution in [0.2, 0.25) is 0 Å². The lowest BCUT2D eigenvalue weighted by Gasteiger charge is -2.38. The Hall–Kier alpha value is -1.89. The van der Waals surface area contributed by atoms with Gasteiger partial charge in [0.25, 0.3) is 0 Å². The Kier molecular flexibility index (Phi) is 4.38. The molecular weight excluding hydrogens is 310 g/mol. The molecule has 3 amide bonds. The van der Waals surface area contributed by atoms with Crippen molar-refractivity contribution in [1.82, 2.24) is 14.9 Å². The molecule has 0 aromatic rings. The molecule has 7 nitrogen and oxygen atoms in total. The predicted octanol–water partition coefficient (Wildman–Crippen LogP) is 1.41. The van der Waals surface area contributed by atoms with E-state index in [1.54, 1.807) is 9.91 Å². The fraction of sp³-hybridized carbons (Fsp3) is 0.706. The van der Waals surface area contributed by atoms with Gasteiger partial charge in [-0.3, -0.25) is 9.59 Å². The molecule has 0 N–H and O–H groups in total. The summed E-state index contributed by atoms with van der Waals surface area (Å²) in [5.74, 6) is -0.627. The van der Waals surface area contributed by atoms with E-state index in [0.29, 0.717) is 39.0 Å². The van der Waals surface area contributed by atoms with Gasteiger partial charge >= 0.3 is 6.09 Å². The zero-order chi connectivity index (χ0) is 17.5. The molecule has 2 fully saturated rings. The van der Waals surface area contributed by atoms with Crippen LogP contribution in [0.15, 0.2) is 12.2 Å². The number of ether oxygens (including phenoxy) is 1. The molecule has 0 saturated carbocycles. The van der Waals surface area contributed by atoms with Crippen molar-refractivity contribution in [2.24, 2.45) is 11.8 Å². The first-order valence-corrected chi connectivity index (χ1v) is 8.53.